The number of nitrogens with one attached hydrogen (secondary N) is 1. The molecule has 2 heteroatoms. The van der Waals surface area contributed by atoms with Crippen LogP contribution in [0.2, 0.25) is 0 Å². The van der Waals surface area contributed by atoms with Crippen molar-refractivity contribution in [1.29, 1.82) is 0 Å². The van der Waals surface area contributed by atoms with Crippen molar-refractivity contribution in [2.45, 2.75) is 6.42 Å². The predicted molar refractivity (Wildman–Crippen MR) is 33.4 cm³/mol. The highest BCUT2D eigenvalue weighted by molar-refractivity contribution is 7.79. The van der Waals surface area contributed by atoms with Crippen molar-refractivity contribution in [3.63, 3.8) is 0 Å². The van der Waals surface area contributed by atoms with Crippen LogP contribution in [0.15, 0.2) is 12.2 Å². The third-order valence-electron chi connectivity index (χ3n) is 0.780. The van der Waals surface area contributed by atoms with Crippen LogP contribution in [-0.4, -0.2) is 11.2 Å². The summed E-state index contributed by atoms with van der Waals surface area (Å²) in [5, 5.41) is 0. The van der Waals surface area contributed by atoms with Gasteiger partial charge in [0.1, 0.15) is 0 Å². The molecule has 0 aromatic rings. The predicted octanol–water partition coefficient (Wildman–Crippen LogP) is -0.575. The van der Waals surface area contributed by atoms with E-state index in [-0.39, 0.29) is 0 Å². The summed E-state index contributed by atoms with van der Waals surface area (Å²) in [6.07, 6.45) is 6.71. The van der Waals surface area contributed by atoms with E-state index in [4.69, 9.17) is 12.2 Å². The summed E-state index contributed by atoms with van der Waals surface area (Å²) < 4.78 is 0. The van der Waals surface area contributed by atoms with Crippen LogP contribution in [0.3, 0.4) is 0 Å². The van der Waals surface area contributed by atoms with Gasteiger partial charge in [0.05, 0.1) is 6.42 Å². The van der Waals surface area contributed by atoms with Crippen LogP contribution in [0, 0.1) is 0 Å². The van der Waals surface area contributed by atoms with Gasteiger partial charge in [-0.25, -0.2) is 4.99 Å². The topological polar surface area (TPSA) is 14.0 Å². The van der Waals surface area contributed by atoms with Gasteiger partial charge in [-0.15, -0.1) is 0 Å². The van der Waals surface area contributed by atoms with E-state index in [1.165, 1.54) is 0 Å². The number of thiocarbonyl (C=S) groups is 1. The van der Waals surface area contributed by atoms with Gasteiger partial charge in [0.25, 0.3) is 0 Å². The van der Waals surface area contributed by atoms with Crippen LogP contribution in [0.25, 0.3) is 0 Å². The molecule has 0 unspecified atom stereocenters. The molecule has 0 aliphatic carbocycles. The third kappa shape index (κ3) is 1.20. The molecule has 1 rings (SSSR count). The smallest absolute Gasteiger partial charge is 0.205 e. The lowest BCUT2D eigenvalue weighted by atomic mass is 10.3. The molecule has 1 aliphatic heterocycles. The molecular weight excluding hydrogens is 106 g/mol. The molecular formula is C5H6NS+. The monoisotopic (exact) mass is 112 g/mol. The van der Waals surface area contributed by atoms with E-state index in [0.717, 1.165) is 11.4 Å². The average molecular weight is 112 g/mol. The summed E-state index contributed by atoms with van der Waals surface area (Å²) in [7, 11) is 0. The Hall–Kier alpha value is -0.500. The molecule has 1 nitrogen and oxygen atoms in total. The molecule has 1 N–H and O–H groups in total. The van der Waals surface area contributed by atoms with Crippen LogP contribution < -0.4 is 4.99 Å². The van der Waals surface area contributed by atoms with Gasteiger partial charge in [0, 0.05) is 0 Å². The highest BCUT2D eigenvalue weighted by Crippen LogP contribution is 1.80. The zero-order valence-corrected chi connectivity index (χ0v) is 4.66. The number of allylic oxidation sites excluding steroid dienone is 1. The van der Waals surface area contributed by atoms with Crippen LogP contribution in [0.1, 0.15) is 6.42 Å². The summed E-state index contributed by atoms with van der Waals surface area (Å²) in [5.74, 6) is 0. The van der Waals surface area contributed by atoms with Crippen molar-refractivity contribution in [2.75, 3.05) is 0 Å². The molecule has 0 bridgehead atoms. The summed E-state index contributed by atoms with van der Waals surface area (Å²) >= 11 is 4.81. The SMILES string of the molecule is S=C1CC=CC=[NH+]1. The second-order valence-corrected chi connectivity index (χ2v) is 1.86. The minimum atomic E-state index is 0.895. The third-order valence-corrected chi connectivity index (χ3v) is 1.06. The van der Waals surface area contributed by atoms with Crippen molar-refractivity contribution in [3.05, 3.63) is 12.2 Å². The molecule has 0 amide bonds. The fraction of sp³-hybridized carbons (Fsp3) is 0.200. The molecule has 1 heterocycles. The first-order valence-corrected chi connectivity index (χ1v) is 2.58. The Labute approximate surface area is 47.8 Å². The van der Waals surface area contributed by atoms with E-state index >= 15 is 0 Å². The van der Waals surface area contributed by atoms with E-state index in [1.54, 1.807) is 0 Å². The lowest BCUT2D eigenvalue weighted by molar-refractivity contribution is -0.306. The Balaban J connectivity index is 2.66. The summed E-state index contributed by atoms with van der Waals surface area (Å²) in [5.41, 5.74) is 0. The maximum atomic E-state index is 4.81. The number of hydrogen-bond donors (Lipinski definition) is 1. The Morgan fingerprint density at radius 2 is 2.57 bits per heavy atom. The maximum absolute atomic E-state index is 4.81. The second-order valence-electron chi connectivity index (χ2n) is 1.37. The molecule has 0 saturated heterocycles. The van der Waals surface area contributed by atoms with Gasteiger partial charge >= 0.3 is 0 Å². The first kappa shape index (κ1) is 4.65. The molecule has 0 spiro atoms. The van der Waals surface area contributed by atoms with Gasteiger partial charge in [-0.3, -0.25) is 0 Å². The molecule has 0 fully saturated rings. The Morgan fingerprint density at radius 3 is 2.86 bits per heavy atom. The van der Waals surface area contributed by atoms with Gasteiger partial charge in [-0.1, -0.05) is 6.08 Å². The number of rotatable bonds is 0. The highest BCUT2D eigenvalue weighted by Gasteiger charge is 1.96. The van der Waals surface area contributed by atoms with E-state index in [2.05, 4.69) is 4.99 Å². The molecule has 0 atom stereocenters. The first-order chi connectivity index (χ1) is 3.39. The van der Waals surface area contributed by atoms with Crippen molar-refractivity contribution in [2.24, 2.45) is 0 Å². The van der Waals surface area contributed by atoms with Crippen molar-refractivity contribution < 1.29 is 4.99 Å². The van der Waals surface area contributed by atoms with E-state index in [1.807, 2.05) is 18.4 Å². The fourth-order valence-electron chi connectivity index (χ4n) is 0.443. The molecule has 1 aliphatic rings. The molecule has 7 heavy (non-hydrogen) atoms. The average Bonchev–Trinajstić information content (AvgIpc) is 1.69. The zero-order valence-electron chi connectivity index (χ0n) is 3.85. The minimum Gasteiger partial charge on any atom is -0.205 e. The molecule has 0 saturated carbocycles. The lowest BCUT2D eigenvalue weighted by Gasteiger charge is -1.84. The molecule has 36 valence electrons. The lowest BCUT2D eigenvalue weighted by Crippen LogP contribution is -2.73. The Morgan fingerprint density at radius 1 is 1.71 bits per heavy atom. The van der Waals surface area contributed by atoms with Crippen LogP contribution in [0.5, 0.6) is 0 Å². The van der Waals surface area contributed by atoms with Crippen molar-refractivity contribution in [1.82, 2.24) is 0 Å². The van der Waals surface area contributed by atoms with Crippen LogP contribution >= 0.6 is 12.2 Å². The molecule has 0 aromatic carbocycles. The van der Waals surface area contributed by atoms with Gasteiger partial charge in [0.2, 0.25) is 4.99 Å². The van der Waals surface area contributed by atoms with E-state index in [0.29, 0.717) is 0 Å². The summed E-state index contributed by atoms with van der Waals surface area (Å²) in [4.78, 5) is 3.81. The summed E-state index contributed by atoms with van der Waals surface area (Å²) in [6.45, 7) is 0. The van der Waals surface area contributed by atoms with Crippen LogP contribution in [0.4, 0.5) is 0 Å². The highest BCUT2D eigenvalue weighted by atomic mass is 32.1. The largest absolute Gasteiger partial charge is 0.249 e. The standard InChI is InChI=1S/C5H5NS/c7-5-3-1-2-4-6-5/h1-2,4H,3H2/p+1. The van der Waals surface area contributed by atoms with Gasteiger partial charge < -0.3 is 0 Å². The second kappa shape index (κ2) is 1.98. The van der Waals surface area contributed by atoms with Crippen molar-refractivity contribution >= 4 is 23.4 Å². The van der Waals surface area contributed by atoms with E-state index < -0.39 is 0 Å². The molecule has 0 aromatic heterocycles. The number of hydrogen-bond acceptors (Lipinski definition) is 1. The van der Waals surface area contributed by atoms with Gasteiger partial charge in [-0.2, -0.15) is 0 Å². The van der Waals surface area contributed by atoms with E-state index in [9.17, 15) is 0 Å². The first-order valence-electron chi connectivity index (χ1n) is 2.17. The molecule has 0 radical (unpaired) electrons. The van der Waals surface area contributed by atoms with Gasteiger partial charge in [0.15, 0.2) is 6.21 Å². The Kier molecular flexibility index (Phi) is 1.32. The van der Waals surface area contributed by atoms with Crippen LogP contribution in [-0.2, 0) is 0 Å². The van der Waals surface area contributed by atoms with Gasteiger partial charge in [-0.05, 0) is 18.3 Å². The van der Waals surface area contributed by atoms with Crippen molar-refractivity contribution in [3.8, 4) is 0 Å². The minimum absolute atomic E-state index is 0.895. The summed E-state index contributed by atoms with van der Waals surface area (Å²) in [6, 6.07) is 0. The maximum Gasteiger partial charge on any atom is 0.249 e. The normalized spacial score (nSPS) is 18.0. The zero-order chi connectivity index (χ0) is 5.11. The fourth-order valence-corrected chi connectivity index (χ4v) is 0.607. The Bertz CT molecular complexity index is 135. The quantitative estimate of drug-likeness (QED) is 0.414.